The minimum atomic E-state index is -1.23. The zero-order valence-electron chi connectivity index (χ0n) is 15.3. The average Bonchev–Trinajstić information content (AvgIpc) is 2.69. The van der Waals surface area contributed by atoms with E-state index in [0.29, 0.717) is 11.3 Å². The van der Waals surface area contributed by atoms with Crippen LogP contribution in [-0.2, 0) is 9.59 Å². The summed E-state index contributed by atoms with van der Waals surface area (Å²) in [6.07, 6.45) is -0.198. The molecule has 1 atom stereocenters. The standard InChI is InChI=1S/C21H20N2O5/c1-28-17-4-2-3-15(13-17)6-5-14-7-9-16(10-8-14)20(25)23-18(21(26)27)11-12-19(22)24/h2-4,7-10,13,18H,11-12H2,1H3,(H2,22,24)(H,23,25)(H,26,27)/t18-/m0/s1. The average molecular weight is 380 g/mol. The molecular weight excluding hydrogens is 360 g/mol. The summed E-state index contributed by atoms with van der Waals surface area (Å²) in [6.45, 7) is 0. The Morgan fingerprint density at radius 2 is 1.79 bits per heavy atom. The lowest BCUT2D eigenvalue weighted by molar-refractivity contribution is -0.139. The van der Waals surface area contributed by atoms with Crippen molar-refractivity contribution in [1.82, 2.24) is 5.32 Å². The number of nitrogens with two attached hydrogens (primary N) is 1. The Hall–Kier alpha value is -3.79. The van der Waals surface area contributed by atoms with Gasteiger partial charge in [-0.25, -0.2) is 4.79 Å². The van der Waals surface area contributed by atoms with Crippen molar-refractivity contribution in [2.45, 2.75) is 18.9 Å². The second-order valence-corrected chi connectivity index (χ2v) is 5.93. The van der Waals surface area contributed by atoms with Gasteiger partial charge in [0.1, 0.15) is 11.8 Å². The fourth-order valence-corrected chi connectivity index (χ4v) is 2.34. The first-order valence-corrected chi connectivity index (χ1v) is 8.47. The fraction of sp³-hybridized carbons (Fsp3) is 0.190. The predicted octanol–water partition coefficient (Wildman–Crippen LogP) is 1.54. The van der Waals surface area contributed by atoms with E-state index >= 15 is 0 Å². The molecule has 0 aliphatic heterocycles. The van der Waals surface area contributed by atoms with Crippen molar-refractivity contribution >= 4 is 17.8 Å². The summed E-state index contributed by atoms with van der Waals surface area (Å²) in [4.78, 5) is 34.2. The van der Waals surface area contributed by atoms with Crippen LogP contribution in [0, 0.1) is 11.8 Å². The quantitative estimate of drug-likeness (QED) is 0.630. The molecule has 0 radical (unpaired) electrons. The van der Waals surface area contributed by atoms with Crippen LogP contribution in [0.5, 0.6) is 5.75 Å². The molecule has 144 valence electrons. The Morgan fingerprint density at radius 1 is 1.11 bits per heavy atom. The number of carbonyl (C=O) groups excluding carboxylic acids is 2. The molecule has 7 nitrogen and oxygen atoms in total. The predicted molar refractivity (Wildman–Crippen MR) is 103 cm³/mol. The second-order valence-electron chi connectivity index (χ2n) is 5.93. The van der Waals surface area contributed by atoms with E-state index < -0.39 is 23.8 Å². The highest BCUT2D eigenvalue weighted by atomic mass is 16.5. The van der Waals surface area contributed by atoms with E-state index in [0.717, 1.165) is 5.56 Å². The zero-order chi connectivity index (χ0) is 20.5. The van der Waals surface area contributed by atoms with Crippen LogP contribution in [0.2, 0.25) is 0 Å². The van der Waals surface area contributed by atoms with Gasteiger partial charge >= 0.3 is 5.97 Å². The fourth-order valence-electron chi connectivity index (χ4n) is 2.34. The third-order valence-electron chi connectivity index (χ3n) is 3.85. The van der Waals surface area contributed by atoms with Crippen LogP contribution in [0.1, 0.15) is 34.3 Å². The molecule has 0 fully saturated rings. The van der Waals surface area contributed by atoms with E-state index in [4.69, 9.17) is 15.6 Å². The molecule has 0 unspecified atom stereocenters. The van der Waals surface area contributed by atoms with Crippen LogP contribution in [0.25, 0.3) is 0 Å². The third-order valence-corrected chi connectivity index (χ3v) is 3.85. The number of amides is 2. The number of primary amides is 1. The summed E-state index contributed by atoms with van der Waals surface area (Å²) >= 11 is 0. The van der Waals surface area contributed by atoms with Crippen molar-refractivity contribution in [2.24, 2.45) is 5.73 Å². The molecule has 0 aromatic heterocycles. The van der Waals surface area contributed by atoms with Crippen molar-refractivity contribution in [1.29, 1.82) is 0 Å². The van der Waals surface area contributed by atoms with Gasteiger partial charge in [0.25, 0.3) is 5.91 Å². The van der Waals surface area contributed by atoms with Crippen molar-refractivity contribution < 1.29 is 24.2 Å². The number of aliphatic carboxylic acids is 1. The lowest BCUT2D eigenvalue weighted by atomic mass is 10.1. The Balaban J connectivity index is 2.05. The number of hydrogen-bond acceptors (Lipinski definition) is 4. The summed E-state index contributed by atoms with van der Waals surface area (Å²) in [5.74, 6) is 4.30. The van der Waals surface area contributed by atoms with E-state index in [1.165, 1.54) is 0 Å². The number of carboxylic acid groups (broad SMARTS) is 1. The van der Waals surface area contributed by atoms with Gasteiger partial charge in [0.15, 0.2) is 0 Å². The first-order valence-electron chi connectivity index (χ1n) is 8.47. The van der Waals surface area contributed by atoms with Crippen molar-refractivity contribution in [2.75, 3.05) is 7.11 Å². The van der Waals surface area contributed by atoms with Gasteiger partial charge in [0, 0.05) is 23.1 Å². The molecule has 0 spiro atoms. The Labute approximate surface area is 162 Å². The molecule has 0 heterocycles. The van der Waals surface area contributed by atoms with Crippen LogP contribution in [0.15, 0.2) is 48.5 Å². The number of methoxy groups -OCH3 is 1. The maximum Gasteiger partial charge on any atom is 0.326 e. The molecule has 2 rings (SSSR count). The number of benzene rings is 2. The lowest BCUT2D eigenvalue weighted by Crippen LogP contribution is -2.41. The molecule has 0 aliphatic rings. The first kappa shape index (κ1) is 20.5. The summed E-state index contributed by atoms with van der Waals surface area (Å²) in [5, 5.41) is 11.5. The monoisotopic (exact) mass is 380 g/mol. The number of nitrogens with one attached hydrogen (secondary N) is 1. The van der Waals surface area contributed by atoms with Crippen LogP contribution >= 0.6 is 0 Å². The Morgan fingerprint density at radius 3 is 2.39 bits per heavy atom. The van der Waals surface area contributed by atoms with Crippen LogP contribution in [0.3, 0.4) is 0 Å². The van der Waals surface area contributed by atoms with E-state index in [9.17, 15) is 14.4 Å². The first-order chi connectivity index (χ1) is 13.4. The van der Waals surface area contributed by atoms with Gasteiger partial charge in [-0.15, -0.1) is 0 Å². The maximum atomic E-state index is 12.2. The van der Waals surface area contributed by atoms with E-state index in [2.05, 4.69) is 17.2 Å². The number of hydrogen-bond donors (Lipinski definition) is 3. The molecule has 4 N–H and O–H groups in total. The van der Waals surface area contributed by atoms with Gasteiger partial charge in [-0.3, -0.25) is 9.59 Å². The summed E-state index contributed by atoms with van der Waals surface area (Å²) in [7, 11) is 1.58. The normalized spacial score (nSPS) is 10.9. The van der Waals surface area contributed by atoms with Gasteiger partial charge in [-0.05, 0) is 48.9 Å². The third kappa shape index (κ3) is 6.18. The number of rotatable bonds is 7. The molecule has 0 saturated heterocycles. The molecule has 28 heavy (non-hydrogen) atoms. The zero-order valence-corrected chi connectivity index (χ0v) is 15.3. The molecular formula is C21H20N2O5. The van der Waals surface area contributed by atoms with Gasteiger partial charge in [0.05, 0.1) is 7.11 Å². The Bertz CT molecular complexity index is 926. The van der Waals surface area contributed by atoms with Gasteiger partial charge in [-0.1, -0.05) is 17.9 Å². The highest BCUT2D eigenvalue weighted by Gasteiger charge is 2.21. The summed E-state index contributed by atoms with van der Waals surface area (Å²) in [6, 6.07) is 12.6. The van der Waals surface area contributed by atoms with Crippen LogP contribution < -0.4 is 15.8 Å². The van der Waals surface area contributed by atoms with Crippen molar-refractivity contribution in [3.05, 3.63) is 65.2 Å². The molecule has 0 bridgehead atoms. The summed E-state index contributed by atoms with van der Waals surface area (Å²) < 4.78 is 5.15. The number of ether oxygens (including phenoxy) is 1. The van der Waals surface area contributed by atoms with Crippen molar-refractivity contribution in [3.63, 3.8) is 0 Å². The summed E-state index contributed by atoms with van der Waals surface area (Å²) in [5.41, 5.74) is 6.80. The minimum Gasteiger partial charge on any atom is -0.497 e. The number of carboxylic acids is 1. The topological polar surface area (TPSA) is 119 Å². The van der Waals surface area contributed by atoms with E-state index in [1.807, 2.05) is 24.3 Å². The molecule has 2 amide bonds. The Kier molecular flexibility index (Phi) is 7.17. The molecule has 0 saturated carbocycles. The van der Waals surface area contributed by atoms with Gasteiger partial charge in [0.2, 0.25) is 5.91 Å². The van der Waals surface area contributed by atoms with Crippen molar-refractivity contribution in [3.8, 4) is 17.6 Å². The maximum absolute atomic E-state index is 12.2. The van der Waals surface area contributed by atoms with Crippen LogP contribution in [0.4, 0.5) is 0 Å². The minimum absolute atomic E-state index is 0.0689. The lowest BCUT2D eigenvalue weighted by Gasteiger charge is -2.13. The van der Waals surface area contributed by atoms with E-state index in [1.54, 1.807) is 31.4 Å². The highest BCUT2D eigenvalue weighted by molar-refractivity contribution is 5.96. The molecule has 7 heteroatoms. The SMILES string of the molecule is COc1cccc(C#Cc2ccc(C(=O)N[C@@H](CCC(N)=O)C(=O)O)cc2)c1. The molecule has 2 aromatic carbocycles. The second kappa shape index (κ2) is 9.78. The number of carbonyl (C=O) groups is 3. The van der Waals surface area contributed by atoms with Gasteiger partial charge < -0.3 is 20.9 Å². The highest BCUT2D eigenvalue weighted by Crippen LogP contribution is 2.12. The van der Waals surface area contributed by atoms with Crippen LogP contribution in [-0.4, -0.2) is 36.0 Å². The largest absolute Gasteiger partial charge is 0.497 e. The van der Waals surface area contributed by atoms with Gasteiger partial charge in [-0.2, -0.15) is 0 Å². The van der Waals surface area contributed by atoms with E-state index in [-0.39, 0.29) is 18.4 Å². The smallest absolute Gasteiger partial charge is 0.326 e. The molecule has 0 aliphatic carbocycles. The molecule has 2 aromatic rings.